The number of aliphatic hydroxyl groups excluding tert-OH is 1. The van der Waals surface area contributed by atoms with E-state index >= 15 is 0 Å². The van der Waals surface area contributed by atoms with Crippen molar-refractivity contribution in [2.24, 2.45) is 5.73 Å². The number of nitrogens with two attached hydrogens (primary N) is 1. The van der Waals surface area contributed by atoms with Gasteiger partial charge in [-0.2, -0.15) is 0 Å². The molecule has 0 bridgehead atoms. The molecule has 1 aliphatic rings. The fourth-order valence-corrected chi connectivity index (χ4v) is 4.75. The second kappa shape index (κ2) is 13.6. The number of hydrogen-bond donors (Lipinski definition) is 2. The Hall–Kier alpha value is -4.63. The molecule has 0 aliphatic carbocycles. The maximum atomic E-state index is 13.3. The molecular formula is C32H35N3O6. The van der Waals surface area contributed by atoms with E-state index in [1.807, 2.05) is 44.2 Å². The lowest BCUT2D eigenvalue weighted by Gasteiger charge is -2.28. The zero-order valence-electron chi connectivity index (χ0n) is 23.3. The first-order chi connectivity index (χ1) is 19.8. The van der Waals surface area contributed by atoms with Crippen LogP contribution >= 0.6 is 0 Å². The van der Waals surface area contributed by atoms with Crippen LogP contribution in [0.15, 0.2) is 84.4 Å². The summed E-state index contributed by atoms with van der Waals surface area (Å²) in [7, 11) is 0. The zero-order valence-corrected chi connectivity index (χ0v) is 23.3. The summed E-state index contributed by atoms with van der Waals surface area (Å²) in [5, 5.41) is 11.4. The van der Waals surface area contributed by atoms with E-state index in [9.17, 15) is 19.5 Å². The number of Topliss-reactive ketones (excluding diaryl/α,β-unsaturated/α-hetero) is 1. The summed E-state index contributed by atoms with van der Waals surface area (Å²) < 4.78 is 11.2. The average molecular weight is 558 g/mol. The van der Waals surface area contributed by atoms with Crippen molar-refractivity contribution in [3.8, 4) is 11.5 Å². The number of benzene rings is 3. The van der Waals surface area contributed by atoms with E-state index in [-0.39, 0.29) is 17.9 Å². The third kappa shape index (κ3) is 7.12. The molecule has 41 heavy (non-hydrogen) atoms. The zero-order chi connectivity index (χ0) is 29.4. The predicted octanol–water partition coefficient (Wildman–Crippen LogP) is 3.89. The van der Waals surface area contributed by atoms with Gasteiger partial charge in [0.15, 0.2) is 6.61 Å². The molecule has 0 radical (unpaired) electrons. The van der Waals surface area contributed by atoms with Crippen molar-refractivity contribution in [2.75, 3.05) is 32.8 Å². The van der Waals surface area contributed by atoms with Crippen molar-refractivity contribution < 1.29 is 29.0 Å². The Kier molecular flexibility index (Phi) is 9.76. The number of likely N-dealkylation sites (N-methyl/N-ethyl adjacent to an activating group) is 1. The molecule has 3 aromatic rings. The van der Waals surface area contributed by atoms with E-state index in [0.717, 1.165) is 18.7 Å². The van der Waals surface area contributed by atoms with Crippen LogP contribution in [0.5, 0.6) is 11.5 Å². The van der Waals surface area contributed by atoms with Gasteiger partial charge in [0.1, 0.15) is 23.9 Å². The lowest BCUT2D eigenvalue weighted by atomic mass is 9.95. The van der Waals surface area contributed by atoms with Crippen molar-refractivity contribution >= 4 is 23.4 Å². The predicted molar refractivity (Wildman–Crippen MR) is 155 cm³/mol. The molecular weight excluding hydrogens is 522 g/mol. The van der Waals surface area contributed by atoms with Crippen LogP contribution in [-0.4, -0.2) is 65.3 Å². The Morgan fingerprint density at radius 1 is 0.902 bits per heavy atom. The Morgan fingerprint density at radius 2 is 1.51 bits per heavy atom. The molecule has 1 saturated heterocycles. The van der Waals surface area contributed by atoms with E-state index in [4.69, 9.17) is 15.2 Å². The molecule has 3 N–H and O–H groups in total. The van der Waals surface area contributed by atoms with Crippen LogP contribution < -0.4 is 15.2 Å². The minimum absolute atomic E-state index is 0.0123. The minimum Gasteiger partial charge on any atom is -0.507 e. The molecule has 1 fully saturated rings. The fourth-order valence-electron chi connectivity index (χ4n) is 4.75. The molecule has 3 aromatic carbocycles. The van der Waals surface area contributed by atoms with Gasteiger partial charge in [0, 0.05) is 18.7 Å². The van der Waals surface area contributed by atoms with Gasteiger partial charge in [-0.25, -0.2) is 0 Å². The van der Waals surface area contributed by atoms with Crippen LogP contribution in [0.3, 0.4) is 0 Å². The first-order valence-corrected chi connectivity index (χ1v) is 13.6. The van der Waals surface area contributed by atoms with Crippen molar-refractivity contribution in [3.63, 3.8) is 0 Å². The summed E-state index contributed by atoms with van der Waals surface area (Å²) in [6.45, 7) is 6.67. The number of likely N-dealkylation sites (tertiary alicyclic amines) is 1. The Labute approximate surface area is 239 Å². The van der Waals surface area contributed by atoms with Crippen LogP contribution in [0.1, 0.15) is 36.6 Å². The number of primary amides is 1. The summed E-state index contributed by atoms with van der Waals surface area (Å²) in [6.07, 6.45) is 0. The Bertz CT molecular complexity index is 1380. The number of ketones is 1. The van der Waals surface area contributed by atoms with Gasteiger partial charge in [0.25, 0.3) is 17.6 Å². The summed E-state index contributed by atoms with van der Waals surface area (Å²) in [6, 6.07) is 22.4. The van der Waals surface area contributed by atoms with E-state index in [1.54, 1.807) is 48.5 Å². The molecule has 2 amide bonds. The third-order valence-corrected chi connectivity index (χ3v) is 7.04. The van der Waals surface area contributed by atoms with Gasteiger partial charge in [0.05, 0.1) is 11.6 Å². The van der Waals surface area contributed by atoms with Crippen LogP contribution in [0, 0.1) is 0 Å². The maximum Gasteiger partial charge on any atom is 0.295 e. The number of amides is 2. The lowest BCUT2D eigenvalue weighted by Crippen LogP contribution is -2.38. The monoisotopic (exact) mass is 557 g/mol. The molecule has 4 rings (SSSR count). The second-order valence-corrected chi connectivity index (χ2v) is 9.64. The highest BCUT2D eigenvalue weighted by atomic mass is 16.5. The SMILES string of the molecule is CCN(CC)CCN1C(=O)C(=O)/C(=C(/O)c2ccc(OCc3ccccc3)cc2)C1c1ccc(OCC(N)=O)cc1. The Balaban J connectivity index is 1.64. The third-order valence-electron chi connectivity index (χ3n) is 7.04. The fraction of sp³-hybridized carbons (Fsp3) is 0.281. The quantitative estimate of drug-likeness (QED) is 0.186. The molecule has 0 saturated carbocycles. The van der Waals surface area contributed by atoms with Gasteiger partial charge in [-0.1, -0.05) is 56.3 Å². The highest BCUT2D eigenvalue weighted by molar-refractivity contribution is 6.46. The van der Waals surface area contributed by atoms with E-state index < -0.39 is 23.6 Å². The van der Waals surface area contributed by atoms with Crippen molar-refractivity contribution in [3.05, 3.63) is 101 Å². The molecule has 1 atom stereocenters. The van der Waals surface area contributed by atoms with Crippen LogP contribution in [-0.2, 0) is 21.0 Å². The number of hydrogen-bond acceptors (Lipinski definition) is 7. The standard InChI is InChI=1S/C32H35N3O6/c1-3-34(4-2)18-19-35-29(23-10-14-26(15-11-23)41-21-27(33)36)28(31(38)32(35)39)30(37)24-12-16-25(17-13-24)40-20-22-8-6-5-7-9-22/h5-17,29,37H,3-4,18-21H2,1-2H3,(H2,33,36)/b30-28+. The molecule has 1 heterocycles. The van der Waals surface area contributed by atoms with Gasteiger partial charge in [-0.3, -0.25) is 14.4 Å². The molecule has 0 spiro atoms. The molecule has 9 heteroatoms. The molecule has 1 unspecified atom stereocenters. The largest absolute Gasteiger partial charge is 0.507 e. The smallest absolute Gasteiger partial charge is 0.295 e. The molecule has 214 valence electrons. The lowest BCUT2D eigenvalue weighted by molar-refractivity contribution is -0.140. The van der Waals surface area contributed by atoms with E-state index in [0.29, 0.717) is 42.3 Å². The highest BCUT2D eigenvalue weighted by Crippen LogP contribution is 2.40. The average Bonchev–Trinajstić information content (AvgIpc) is 3.25. The second-order valence-electron chi connectivity index (χ2n) is 9.64. The van der Waals surface area contributed by atoms with Gasteiger partial charge in [-0.15, -0.1) is 0 Å². The summed E-state index contributed by atoms with van der Waals surface area (Å²) in [4.78, 5) is 41.4. The number of ether oxygens (including phenoxy) is 2. The van der Waals surface area contributed by atoms with E-state index in [2.05, 4.69) is 4.90 Å². The van der Waals surface area contributed by atoms with Gasteiger partial charge >= 0.3 is 0 Å². The Morgan fingerprint density at radius 3 is 2.12 bits per heavy atom. The van der Waals surface area contributed by atoms with Crippen molar-refractivity contribution in [1.82, 2.24) is 9.80 Å². The minimum atomic E-state index is -0.801. The first-order valence-electron chi connectivity index (χ1n) is 13.6. The number of carbonyl (C=O) groups is 3. The molecule has 1 aliphatic heterocycles. The van der Waals surface area contributed by atoms with Crippen LogP contribution in [0.4, 0.5) is 0 Å². The van der Waals surface area contributed by atoms with Crippen LogP contribution in [0.2, 0.25) is 0 Å². The number of aliphatic hydroxyl groups is 1. The van der Waals surface area contributed by atoms with Crippen molar-refractivity contribution in [1.29, 1.82) is 0 Å². The number of rotatable bonds is 13. The van der Waals surface area contributed by atoms with Gasteiger partial charge < -0.3 is 30.1 Å². The summed E-state index contributed by atoms with van der Waals surface area (Å²) in [5.41, 5.74) is 7.22. The highest BCUT2D eigenvalue weighted by Gasteiger charge is 2.46. The van der Waals surface area contributed by atoms with Crippen LogP contribution in [0.25, 0.3) is 5.76 Å². The van der Waals surface area contributed by atoms with Gasteiger partial charge in [-0.05, 0) is 60.6 Å². The number of carbonyl (C=O) groups excluding carboxylic acids is 3. The first kappa shape index (κ1) is 29.4. The summed E-state index contributed by atoms with van der Waals surface area (Å²) in [5.74, 6) is -1.25. The topological polar surface area (TPSA) is 122 Å². The van der Waals surface area contributed by atoms with E-state index in [1.165, 1.54) is 4.90 Å². The molecule has 9 nitrogen and oxygen atoms in total. The normalized spacial score (nSPS) is 16.3. The number of nitrogens with zero attached hydrogens (tertiary/aromatic N) is 2. The van der Waals surface area contributed by atoms with Crippen molar-refractivity contribution in [2.45, 2.75) is 26.5 Å². The van der Waals surface area contributed by atoms with Gasteiger partial charge in [0.2, 0.25) is 0 Å². The maximum absolute atomic E-state index is 13.3. The summed E-state index contributed by atoms with van der Waals surface area (Å²) >= 11 is 0. The molecule has 0 aromatic heterocycles.